The number of hydrogen-bond donors (Lipinski definition) is 0. The molecule has 0 radical (unpaired) electrons. The molecule has 6 heteroatoms. The predicted octanol–water partition coefficient (Wildman–Crippen LogP) is 2.68. The summed E-state index contributed by atoms with van der Waals surface area (Å²) >= 11 is 8.21. The Morgan fingerprint density at radius 3 is 3.00 bits per heavy atom. The Morgan fingerprint density at radius 2 is 2.43 bits per heavy atom. The number of Topliss-reactive ketones (excluding diaryl/α,β-unsaturated/α-hetero) is 1. The molecule has 14 heavy (non-hydrogen) atoms. The lowest BCUT2D eigenvalue weighted by Gasteiger charge is -1.92. The van der Waals surface area contributed by atoms with Gasteiger partial charge in [0.05, 0.1) is 22.3 Å². The SMILES string of the molecule is O=C(Cc1csc(Cl)c1)c1cnsn1. The molecular formula is C8H5ClN2OS2. The summed E-state index contributed by atoms with van der Waals surface area (Å²) in [7, 11) is 0. The van der Waals surface area contributed by atoms with Gasteiger partial charge in [-0.2, -0.15) is 8.75 Å². The molecule has 2 aromatic heterocycles. The summed E-state index contributed by atoms with van der Waals surface area (Å²) in [6.45, 7) is 0. The fourth-order valence-corrected chi connectivity index (χ4v) is 2.34. The van der Waals surface area contributed by atoms with E-state index in [-0.39, 0.29) is 5.78 Å². The third-order valence-electron chi connectivity index (χ3n) is 1.63. The Balaban J connectivity index is 2.09. The van der Waals surface area contributed by atoms with Gasteiger partial charge in [0, 0.05) is 6.42 Å². The molecule has 0 saturated carbocycles. The van der Waals surface area contributed by atoms with Crippen molar-refractivity contribution in [2.24, 2.45) is 0 Å². The van der Waals surface area contributed by atoms with Gasteiger partial charge in [-0.15, -0.1) is 11.3 Å². The van der Waals surface area contributed by atoms with E-state index in [9.17, 15) is 4.79 Å². The first kappa shape index (κ1) is 9.76. The molecule has 0 saturated heterocycles. The molecule has 0 unspecified atom stereocenters. The third kappa shape index (κ3) is 2.17. The number of carbonyl (C=O) groups is 1. The van der Waals surface area contributed by atoms with Crippen molar-refractivity contribution in [2.75, 3.05) is 0 Å². The minimum absolute atomic E-state index is 0.0202. The molecule has 0 aromatic carbocycles. The van der Waals surface area contributed by atoms with Crippen LogP contribution in [0, 0.1) is 0 Å². The fourth-order valence-electron chi connectivity index (χ4n) is 1.00. The number of thiophene rings is 1. The largest absolute Gasteiger partial charge is 0.292 e. The normalized spacial score (nSPS) is 10.4. The second-order valence-electron chi connectivity index (χ2n) is 2.65. The van der Waals surface area contributed by atoms with E-state index in [1.165, 1.54) is 17.5 Å². The van der Waals surface area contributed by atoms with Crippen LogP contribution in [0.5, 0.6) is 0 Å². The fraction of sp³-hybridized carbons (Fsp3) is 0.125. The minimum atomic E-state index is -0.0202. The molecule has 0 aliphatic carbocycles. The average Bonchev–Trinajstić information content (AvgIpc) is 2.75. The standard InChI is InChI=1S/C8H5ClN2OS2/c9-8-2-5(4-13-8)1-7(12)6-3-10-14-11-6/h2-4H,1H2. The number of hydrogen-bond acceptors (Lipinski definition) is 5. The van der Waals surface area contributed by atoms with Crippen molar-refractivity contribution in [3.05, 3.63) is 33.2 Å². The molecule has 72 valence electrons. The highest BCUT2D eigenvalue weighted by Crippen LogP contribution is 2.20. The van der Waals surface area contributed by atoms with Gasteiger partial charge >= 0.3 is 0 Å². The van der Waals surface area contributed by atoms with E-state index in [0.717, 1.165) is 17.3 Å². The maximum atomic E-state index is 11.6. The van der Waals surface area contributed by atoms with Crippen molar-refractivity contribution in [2.45, 2.75) is 6.42 Å². The molecule has 0 fully saturated rings. The zero-order valence-electron chi connectivity index (χ0n) is 6.94. The van der Waals surface area contributed by atoms with E-state index in [1.54, 1.807) is 6.07 Å². The van der Waals surface area contributed by atoms with Crippen molar-refractivity contribution in [1.29, 1.82) is 0 Å². The van der Waals surface area contributed by atoms with Crippen LogP contribution in [0.2, 0.25) is 4.34 Å². The molecule has 0 aliphatic rings. The van der Waals surface area contributed by atoms with Crippen LogP contribution in [-0.4, -0.2) is 14.5 Å². The van der Waals surface area contributed by atoms with Crippen molar-refractivity contribution >= 4 is 40.4 Å². The highest BCUT2D eigenvalue weighted by molar-refractivity contribution is 7.14. The van der Waals surface area contributed by atoms with Crippen LogP contribution in [0.1, 0.15) is 16.1 Å². The number of ketones is 1. The Kier molecular flexibility index (Phi) is 2.90. The molecular weight excluding hydrogens is 240 g/mol. The second kappa shape index (κ2) is 4.16. The van der Waals surface area contributed by atoms with Crippen LogP contribution in [-0.2, 0) is 6.42 Å². The van der Waals surface area contributed by atoms with E-state index >= 15 is 0 Å². The zero-order chi connectivity index (χ0) is 9.97. The summed E-state index contributed by atoms with van der Waals surface area (Å²) in [6, 6.07) is 1.80. The maximum Gasteiger partial charge on any atom is 0.188 e. The number of nitrogens with zero attached hydrogens (tertiary/aromatic N) is 2. The summed E-state index contributed by atoms with van der Waals surface area (Å²) in [5.74, 6) is -0.0202. The Hall–Kier alpha value is -0.780. The molecule has 3 nitrogen and oxygen atoms in total. The van der Waals surface area contributed by atoms with Crippen LogP contribution in [0.3, 0.4) is 0 Å². The van der Waals surface area contributed by atoms with Gasteiger partial charge in [-0.3, -0.25) is 4.79 Å². The van der Waals surface area contributed by atoms with Gasteiger partial charge in [-0.25, -0.2) is 0 Å². The molecule has 0 bridgehead atoms. The summed E-state index contributed by atoms with van der Waals surface area (Å²) in [6.07, 6.45) is 1.83. The van der Waals surface area contributed by atoms with Crippen LogP contribution in [0.25, 0.3) is 0 Å². The Morgan fingerprint density at radius 1 is 1.57 bits per heavy atom. The molecule has 2 rings (SSSR count). The third-order valence-corrected chi connectivity index (χ3v) is 3.25. The summed E-state index contributed by atoms with van der Waals surface area (Å²) in [5.41, 5.74) is 1.36. The van der Waals surface area contributed by atoms with Crippen molar-refractivity contribution < 1.29 is 4.79 Å². The molecule has 0 aliphatic heterocycles. The monoisotopic (exact) mass is 244 g/mol. The molecule has 0 amide bonds. The van der Waals surface area contributed by atoms with Crippen LogP contribution >= 0.6 is 34.7 Å². The van der Waals surface area contributed by atoms with Gasteiger partial charge in [0.25, 0.3) is 0 Å². The van der Waals surface area contributed by atoms with Gasteiger partial charge in [0.1, 0.15) is 5.69 Å². The minimum Gasteiger partial charge on any atom is -0.292 e. The molecule has 0 atom stereocenters. The van der Waals surface area contributed by atoms with E-state index in [0.29, 0.717) is 16.5 Å². The number of rotatable bonds is 3. The highest BCUT2D eigenvalue weighted by Gasteiger charge is 2.10. The van der Waals surface area contributed by atoms with E-state index in [2.05, 4.69) is 8.75 Å². The topological polar surface area (TPSA) is 42.9 Å². The first-order valence-corrected chi connectivity index (χ1v) is 5.78. The number of carbonyl (C=O) groups excluding carboxylic acids is 1. The summed E-state index contributed by atoms with van der Waals surface area (Å²) in [4.78, 5) is 11.6. The number of aromatic nitrogens is 2. The second-order valence-corrected chi connectivity index (χ2v) is 4.75. The van der Waals surface area contributed by atoms with Gasteiger partial charge in [-0.1, -0.05) is 11.6 Å². The lowest BCUT2D eigenvalue weighted by Crippen LogP contribution is -2.02. The first-order chi connectivity index (χ1) is 6.75. The molecule has 2 aromatic rings. The van der Waals surface area contributed by atoms with Crippen molar-refractivity contribution in [1.82, 2.24) is 8.75 Å². The Bertz CT molecular complexity index is 438. The highest BCUT2D eigenvalue weighted by atomic mass is 35.5. The Labute approximate surface area is 93.7 Å². The number of halogens is 1. The van der Waals surface area contributed by atoms with Crippen LogP contribution in [0.15, 0.2) is 17.6 Å². The summed E-state index contributed by atoms with van der Waals surface area (Å²) < 4.78 is 8.35. The van der Waals surface area contributed by atoms with Crippen LogP contribution in [0.4, 0.5) is 0 Å². The predicted molar refractivity (Wildman–Crippen MR) is 57.3 cm³/mol. The maximum absolute atomic E-state index is 11.6. The smallest absolute Gasteiger partial charge is 0.188 e. The quantitative estimate of drug-likeness (QED) is 0.780. The zero-order valence-corrected chi connectivity index (χ0v) is 9.33. The summed E-state index contributed by atoms with van der Waals surface area (Å²) in [5, 5.41) is 1.88. The molecule has 0 spiro atoms. The van der Waals surface area contributed by atoms with Gasteiger partial charge in [-0.05, 0) is 17.0 Å². The van der Waals surface area contributed by atoms with E-state index in [4.69, 9.17) is 11.6 Å². The van der Waals surface area contributed by atoms with Crippen LogP contribution < -0.4 is 0 Å². The molecule has 2 heterocycles. The lowest BCUT2D eigenvalue weighted by molar-refractivity contribution is 0.0989. The van der Waals surface area contributed by atoms with Crippen molar-refractivity contribution in [3.8, 4) is 0 Å². The first-order valence-electron chi connectivity index (χ1n) is 3.79. The molecule has 0 N–H and O–H groups in total. The van der Waals surface area contributed by atoms with E-state index < -0.39 is 0 Å². The van der Waals surface area contributed by atoms with Gasteiger partial charge in [0.15, 0.2) is 5.78 Å². The van der Waals surface area contributed by atoms with Gasteiger partial charge in [0.2, 0.25) is 0 Å². The van der Waals surface area contributed by atoms with Crippen molar-refractivity contribution in [3.63, 3.8) is 0 Å². The average molecular weight is 245 g/mol. The lowest BCUT2D eigenvalue weighted by atomic mass is 10.1. The van der Waals surface area contributed by atoms with E-state index in [1.807, 2.05) is 5.38 Å². The van der Waals surface area contributed by atoms with Gasteiger partial charge < -0.3 is 0 Å².